The molecule has 15 heavy (non-hydrogen) atoms. The fourth-order valence-electron chi connectivity index (χ4n) is 1.61. The highest BCUT2D eigenvalue weighted by Crippen LogP contribution is 2.26. The van der Waals surface area contributed by atoms with Crippen molar-refractivity contribution in [1.29, 1.82) is 0 Å². The molecule has 1 aromatic carbocycles. The minimum absolute atomic E-state index is 0.0828. The van der Waals surface area contributed by atoms with Gasteiger partial charge in [-0.2, -0.15) is 0 Å². The van der Waals surface area contributed by atoms with Gasteiger partial charge in [-0.1, -0.05) is 18.2 Å². The Morgan fingerprint density at radius 2 is 1.87 bits per heavy atom. The Labute approximate surface area is 84.3 Å². The fourth-order valence-corrected chi connectivity index (χ4v) is 1.61. The van der Waals surface area contributed by atoms with E-state index in [4.69, 9.17) is 0 Å². The second kappa shape index (κ2) is 3.56. The van der Waals surface area contributed by atoms with Gasteiger partial charge in [0.2, 0.25) is 6.30 Å². The first kappa shape index (κ1) is 10.0. The van der Waals surface area contributed by atoms with E-state index >= 15 is 0 Å². The van der Waals surface area contributed by atoms with E-state index in [2.05, 4.69) is 0 Å². The predicted molar refractivity (Wildman–Crippen MR) is 47.2 cm³/mol. The summed E-state index contributed by atoms with van der Waals surface area (Å²) in [5.74, 6) is -0.668. The Morgan fingerprint density at radius 3 is 2.47 bits per heavy atom. The molecule has 1 aliphatic heterocycles. The number of amides is 1. The van der Waals surface area contributed by atoms with Crippen molar-refractivity contribution >= 4 is 5.91 Å². The third-order valence-corrected chi connectivity index (χ3v) is 2.35. The van der Waals surface area contributed by atoms with Gasteiger partial charge in [0.25, 0.3) is 12.3 Å². The number of fused-ring (bicyclic) bond motifs is 1. The van der Waals surface area contributed by atoms with E-state index in [0.29, 0.717) is 16.0 Å². The highest BCUT2D eigenvalue weighted by molar-refractivity contribution is 5.98. The highest BCUT2D eigenvalue weighted by Gasteiger charge is 2.36. The summed E-state index contributed by atoms with van der Waals surface area (Å²) in [5.41, 5.74) is 0.895. The number of benzene rings is 1. The van der Waals surface area contributed by atoms with Gasteiger partial charge < -0.3 is 0 Å². The first-order chi connectivity index (χ1) is 7.11. The lowest BCUT2D eigenvalue weighted by atomic mass is 10.1. The number of carbonyl (C=O) groups is 1. The van der Waals surface area contributed by atoms with E-state index in [-0.39, 0.29) is 6.54 Å². The van der Waals surface area contributed by atoms with E-state index in [1.807, 2.05) is 0 Å². The van der Waals surface area contributed by atoms with Crippen LogP contribution in [0.5, 0.6) is 0 Å². The van der Waals surface area contributed by atoms with Crippen LogP contribution in [-0.2, 0) is 6.54 Å². The van der Waals surface area contributed by atoms with Crippen molar-refractivity contribution in [2.75, 3.05) is 0 Å². The Bertz CT molecular complexity index is 394. The van der Waals surface area contributed by atoms with Crippen molar-refractivity contribution in [3.8, 4) is 0 Å². The van der Waals surface area contributed by atoms with Gasteiger partial charge in [0, 0.05) is 12.1 Å². The number of carbonyl (C=O) groups excluding carboxylic acids is 1. The Morgan fingerprint density at radius 1 is 1.20 bits per heavy atom. The second-order valence-electron chi connectivity index (χ2n) is 3.30. The average Bonchev–Trinajstić information content (AvgIpc) is 2.56. The van der Waals surface area contributed by atoms with Gasteiger partial charge in [0.15, 0.2) is 0 Å². The van der Waals surface area contributed by atoms with Crippen LogP contribution in [0.25, 0.3) is 0 Å². The molecule has 1 amide bonds. The lowest BCUT2D eigenvalue weighted by Gasteiger charge is -2.19. The van der Waals surface area contributed by atoms with Gasteiger partial charge >= 0.3 is 0 Å². The summed E-state index contributed by atoms with van der Waals surface area (Å²) in [4.78, 5) is 12.0. The number of hydrogen-bond donors (Lipinski definition) is 0. The predicted octanol–water partition coefficient (Wildman–Crippen LogP) is 2.20. The first-order valence-electron chi connectivity index (χ1n) is 4.42. The highest BCUT2D eigenvalue weighted by atomic mass is 19.3. The SMILES string of the molecule is O=C1c2ccccc2CN1C(F)C(F)F. The van der Waals surface area contributed by atoms with E-state index in [1.54, 1.807) is 18.2 Å². The topological polar surface area (TPSA) is 20.3 Å². The van der Waals surface area contributed by atoms with Crippen molar-refractivity contribution in [3.63, 3.8) is 0 Å². The third kappa shape index (κ3) is 1.58. The maximum Gasteiger partial charge on any atom is 0.287 e. The minimum Gasteiger partial charge on any atom is -0.299 e. The van der Waals surface area contributed by atoms with Crippen LogP contribution in [0.15, 0.2) is 24.3 Å². The van der Waals surface area contributed by atoms with Crippen LogP contribution in [0, 0.1) is 0 Å². The van der Waals surface area contributed by atoms with Crippen LogP contribution >= 0.6 is 0 Å². The fraction of sp³-hybridized carbons (Fsp3) is 0.300. The summed E-state index contributed by atoms with van der Waals surface area (Å²) in [6, 6.07) is 6.45. The molecule has 2 nitrogen and oxygen atoms in total. The molecule has 0 N–H and O–H groups in total. The van der Waals surface area contributed by atoms with Gasteiger partial charge in [0.1, 0.15) is 0 Å². The van der Waals surface area contributed by atoms with Gasteiger partial charge in [-0.05, 0) is 11.6 Å². The summed E-state index contributed by atoms with van der Waals surface area (Å²) >= 11 is 0. The quantitative estimate of drug-likeness (QED) is 0.692. The average molecular weight is 215 g/mol. The van der Waals surface area contributed by atoms with Crippen LogP contribution in [0.2, 0.25) is 0 Å². The smallest absolute Gasteiger partial charge is 0.287 e. The molecule has 0 fully saturated rings. The Balaban J connectivity index is 2.27. The molecule has 2 rings (SSSR count). The summed E-state index contributed by atoms with van der Waals surface area (Å²) < 4.78 is 37.2. The lowest BCUT2D eigenvalue weighted by molar-refractivity contribution is -0.0366. The normalized spacial score (nSPS) is 17.1. The zero-order chi connectivity index (χ0) is 11.0. The standard InChI is InChI=1S/C10H8F3NO/c11-8(12)9(13)14-5-6-3-1-2-4-7(6)10(14)15/h1-4,8-9H,5H2. The van der Waals surface area contributed by atoms with E-state index < -0.39 is 18.6 Å². The number of nitrogens with zero attached hydrogens (tertiary/aromatic N) is 1. The van der Waals surface area contributed by atoms with Gasteiger partial charge in [-0.15, -0.1) is 0 Å². The number of hydrogen-bond acceptors (Lipinski definition) is 1. The van der Waals surface area contributed by atoms with Gasteiger partial charge in [0.05, 0.1) is 0 Å². The molecule has 0 bridgehead atoms. The first-order valence-corrected chi connectivity index (χ1v) is 4.42. The van der Waals surface area contributed by atoms with Gasteiger partial charge in [-0.25, -0.2) is 13.2 Å². The molecule has 1 unspecified atom stereocenters. The molecular weight excluding hydrogens is 207 g/mol. The monoisotopic (exact) mass is 215 g/mol. The lowest BCUT2D eigenvalue weighted by Crippen LogP contribution is -2.37. The molecule has 0 saturated carbocycles. The molecular formula is C10H8F3NO. The van der Waals surface area contributed by atoms with E-state index in [9.17, 15) is 18.0 Å². The minimum atomic E-state index is -3.16. The Hall–Kier alpha value is -1.52. The van der Waals surface area contributed by atoms with Crippen LogP contribution in [0.3, 0.4) is 0 Å². The van der Waals surface area contributed by atoms with Crippen molar-refractivity contribution in [2.24, 2.45) is 0 Å². The van der Waals surface area contributed by atoms with Crippen molar-refractivity contribution in [2.45, 2.75) is 19.3 Å². The second-order valence-corrected chi connectivity index (χ2v) is 3.30. The van der Waals surface area contributed by atoms with Crippen molar-refractivity contribution in [1.82, 2.24) is 4.90 Å². The zero-order valence-corrected chi connectivity index (χ0v) is 7.66. The molecule has 1 atom stereocenters. The number of halogens is 3. The van der Waals surface area contributed by atoms with Crippen LogP contribution in [0.1, 0.15) is 15.9 Å². The van der Waals surface area contributed by atoms with Crippen LogP contribution in [0.4, 0.5) is 13.2 Å². The molecule has 0 saturated heterocycles. The van der Waals surface area contributed by atoms with Crippen LogP contribution in [-0.4, -0.2) is 23.5 Å². The largest absolute Gasteiger partial charge is 0.299 e. The maximum atomic E-state index is 13.0. The molecule has 1 aliphatic rings. The van der Waals surface area contributed by atoms with E-state index in [0.717, 1.165) is 0 Å². The zero-order valence-electron chi connectivity index (χ0n) is 7.66. The molecule has 0 aromatic heterocycles. The Kier molecular flexibility index (Phi) is 2.38. The number of alkyl halides is 3. The molecule has 1 heterocycles. The molecule has 0 aliphatic carbocycles. The summed E-state index contributed by atoms with van der Waals surface area (Å²) in [5, 5.41) is 0. The van der Waals surface area contributed by atoms with Crippen molar-refractivity contribution in [3.05, 3.63) is 35.4 Å². The summed E-state index contributed by atoms with van der Waals surface area (Å²) in [6.07, 6.45) is -5.69. The van der Waals surface area contributed by atoms with Crippen LogP contribution < -0.4 is 0 Å². The molecule has 80 valence electrons. The molecule has 1 aromatic rings. The molecule has 0 spiro atoms. The maximum absolute atomic E-state index is 13.0. The summed E-state index contributed by atoms with van der Waals surface area (Å²) in [7, 11) is 0. The molecule has 0 radical (unpaired) electrons. The number of rotatable bonds is 2. The third-order valence-electron chi connectivity index (χ3n) is 2.35. The summed E-state index contributed by atoms with van der Waals surface area (Å²) in [6.45, 7) is -0.0828. The van der Waals surface area contributed by atoms with Crippen molar-refractivity contribution < 1.29 is 18.0 Å². The van der Waals surface area contributed by atoms with Gasteiger partial charge in [-0.3, -0.25) is 9.69 Å². The molecule has 5 heteroatoms. The van der Waals surface area contributed by atoms with E-state index in [1.165, 1.54) is 6.07 Å².